The molecule has 5 rings (SSSR count). The van der Waals surface area contributed by atoms with E-state index in [0.29, 0.717) is 22.7 Å². The Morgan fingerprint density at radius 3 is 2.82 bits per heavy atom. The highest BCUT2D eigenvalue weighted by Crippen LogP contribution is 2.46. The van der Waals surface area contributed by atoms with E-state index in [1.54, 1.807) is 43.2 Å². The Balaban J connectivity index is 1.29. The number of hydrogen-bond donors (Lipinski definition) is 2. The van der Waals surface area contributed by atoms with Crippen molar-refractivity contribution in [2.24, 2.45) is 7.05 Å². The van der Waals surface area contributed by atoms with Crippen LogP contribution in [-0.2, 0) is 19.0 Å². The van der Waals surface area contributed by atoms with Gasteiger partial charge in [-0.25, -0.2) is 14.4 Å². The molecule has 1 aliphatic carbocycles. The molecule has 174 valence electrons. The summed E-state index contributed by atoms with van der Waals surface area (Å²) in [5.74, 6) is -0.0624. The SMILES string of the molecule is Cc1c(CNC(=O)c2noc(C3(C)CC3)n2)ccc(-c2ncnc(Nc3cnn(C)c3)n2)c1F. The Bertz CT molecular complexity index is 1380. The predicted octanol–water partition coefficient (Wildman–Crippen LogP) is 2.83. The molecular formula is C22H22FN9O2. The minimum absolute atomic E-state index is 0.0308. The second kappa shape index (κ2) is 8.28. The lowest BCUT2D eigenvalue weighted by atomic mass is 10.0. The van der Waals surface area contributed by atoms with Crippen molar-refractivity contribution in [3.05, 3.63) is 59.5 Å². The minimum Gasteiger partial charge on any atom is -0.345 e. The molecule has 0 unspecified atom stereocenters. The van der Waals surface area contributed by atoms with Gasteiger partial charge in [-0.2, -0.15) is 15.1 Å². The van der Waals surface area contributed by atoms with Crippen molar-refractivity contribution in [1.82, 2.24) is 40.2 Å². The molecule has 3 heterocycles. The van der Waals surface area contributed by atoms with Gasteiger partial charge in [0.05, 0.1) is 17.4 Å². The molecule has 0 radical (unpaired) electrons. The van der Waals surface area contributed by atoms with Crippen molar-refractivity contribution >= 4 is 17.5 Å². The van der Waals surface area contributed by atoms with Gasteiger partial charge >= 0.3 is 0 Å². The molecule has 34 heavy (non-hydrogen) atoms. The van der Waals surface area contributed by atoms with E-state index in [1.807, 2.05) is 6.92 Å². The molecule has 1 amide bonds. The van der Waals surface area contributed by atoms with Crippen LogP contribution in [0.25, 0.3) is 11.4 Å². The number of hydrogen-bond acceptors (Lipinski definition) is 9. The Hall–Kier alpha value is -4.22. The number of benzene rings is 1. The van der Waals surface area contributed by atoms with Crippen LogP contribution in [0.3, 0.4) is 0 Å². The molecule has 2 N–H and O–H groups in total. The summed E-state index contributed by atoms with van der Waals surface area (Å²) >= 11 is 0. The lowest BCUT2D eigenvalue weighted by molar-refractivity contribution is 0.0937. The zero-order chi connectivity index (χ0) is 23.9. The third-order valence-corrected chi connectivity index (χ3v) is 5.86. The highest BCUT2D eigenvalue weighted by atomic mass is 19.1. The molecular weight excluding hydrogens is 441 g/mol. The molecule has 0 spiro atoms. The molecule has 1 aromatic carbocycles. The van der Waals surface area contributed by atoms with Gasteiger partial charge in [-0.15, -0.1) is 0 Å². The highest BCUT2D eigenvalue weighted by molar-refractivity contribution is 5.90. The van der Waals surface area contributed by atoms with E-state index in [2.05, 4.69) is 40.8 Å². The summed E-state index contributed by atoms with van der Waals surface area (Å²) in [7, 11) is 1.79. The van der Waals surface area contributed by atoms with E-state index in [0.717, 1.165) is 12.8 Å². The van der Waals surface area contributed by atoms with Gasteiger partial charge < -0.3 is 15.2 Å². The maximum Gasteiger partial charge on any atom is 0.292 e. The topological polar surface area (TPSA) is 137 Å². The predicted molar refractivity (Wildman–Crippen MR) is 119 cm³/mol. The highest BCUT2D eigenvalue weighted by Gasteiger charge is 2.44. The third-order valence-electron chi connectivity index (χ3n) is 5.86. The standard InChI is InChI=1S/C22H22FN9O2/c1-12-13(8-24-19(33)18-29-20(34-31-18)22(2)6-7-22)4-5-15(16(12)23)17-25-11-26-21(30-17)28-14-9-27-32(3)10-14/h4-5,9-11H,6-8H2,1-3H3,(H,24,33)(H,25,26,28,30). The lowest BCUT2D eigenvalue weighted by Crippen LogP contribution is -2.24. The molecule has 0 atom stereocenters. The van der Waals surface area contributed by atoms with E-state index >= 15 is 4.39 Å². The smallest absolute Gasteiger partial charge is 0.292 e. The first-order valence-corrected chi connectivity index (χ1v) is 10.7. The van der Waals surface area contributed by atoms with Crippen LogP contribution in [-0.4, -0.2) is 40.8 Å². The molecule has 11 nitrogen and oxygen atoms in total. The minimum atomic E-state index is -0.480. The van der Waals surface area contributed by atoms with E-state index in [4.69, 9.17) is 4.52 Å². The molecule has 0 aliphatic heterocycles. The van der Waals surface area contributed by atoms with Crippen molar-refractivity contribution in [1.29, 1.82) is 0 Å². The summed E-state index contributed by atoms with van der Waals surface area (Å²) in [6.07, 6.45) is 6.62. The van der Waals surface area contributed by atoms with Crippen molar-refractivity contribution in [3.63, 3.8) is 0 Å². The molecule has 12 heteroatoms. The van der Waals surface area contributed by atoms with Gasteiger partial charge in [0, 0.05) is 25.2 Å². The van der Waals surface area contributed by atoms with Gasteiger partial charge in [0.1, 0.15) is 12.1 Å². The second-order valence-electron chi connectivity index (χ2n) is 8.54. The van der Waals surface area contributed by atoms with Crippen LogP contribution < -0.4 is 10.6 Å². The molecule has 4 aromatic rings. The average Bonchev–Trinajstić information content (AvgIpc) is 3.20. The zero-order valence-electron chi connectivity index (χ0n) is 18.8. The quantitative estimate of drug-likeness (QED) is 0.424. The fourth-order valence-corrected chi connectivity index (χ4v) is 3.41. The number of anilines is 2. The van der Waals surface area contributed by atoms with E-state index in [9.17, 15) is 4.79 Å². The molecule has 0 bridgehead atoms. The fourth-order valence-electron chi connectivity index (χ4n) is 3.41. The zero-order valence-corrected chi connectivity index (χ0v) is 18.8. The van der Waals surface area contributed by atoms with E-state index in [1.165, 1.54) is 6.33 Å². The molecule has 1 saturated carbocycles. The molecule has 0 saturated heterocycles. The van der Waals surface area contributed by atoms with Crippen LogP contribution in [0.4, 0.5) is 16.0 Å². The Kier molecular flexibility index (Phi) is 5.27. The van der Waals surface area contributed by atoms with E-state index < -0.39 is 11.7 Å². The van der Waals surface area contributed by atoms with Crippen LogP contribution in [0, 0.1) is 12.7 Å². The molecule has 1 fully saturated rings. The maximum atomic E-state index is 15.2. The maximum absolute atomic E-state index is 15.2. The van der Waals surface area contributed by atoms with Crippen molar-refractivity contribution in [2.75, 3.05) is 5.32 Å². The average molecular weight is 463 g/mol. The number of rotatable bonds is 7. The first-order valence-electron chi connectivity index (χ1n) is 10.7. The van der Waals surface area contributed by atoms with Gasteiger partial charge in [-0.3, -0.25) is 9.48 Å². The number of halogens is 1. The number of nitrogens with zero attached hydrogens (tertiary/aromatic N) is 7. The normalized spacial score (nSPS) is 14.1. The summed E-state index contributed by atoms with van der Waals surface area (Å²) in [5, 5.41) is 13.6. The number of nitrogens with one attached hydrogen (secondary N) is 2. The largest absolute Gasteiger partial charge is 0.345 e. The number of carbonyl (C=O) groups excluding carboxylic acids is 1. The van der Waals surface area contributed by atoms with Gasteiger partial charge in [-0.05, 0) is 37.0 Å². The van der Waals surface area contributed by atoms with Crippen molar-refractivity contribution < 1.29 is 13.7 Å². The number of carbonyl (C=O) groups is 1. The number of aromatic nitrogens is 7. The van der Waals surface area contributed by atoms with Crippen LogP contribution >= 0.6 is 0 Å². The summed E-state index contributed by atoms with van der Waals surface area (Å²) in [6, 6.07) is 3.30. The Morgan fingerprint density at radius 2 is 2.09 bits per heavy atom. The van der Waals surface area contributed by atoms with E-state index in [-0.39, 0.29) is 35.1 Å². The van der Waals surface area contributed by atoms with Gasteiger partial charge in [-0.1, -0.05) is 18.1 Å². The monoisotopic (exact) mass is 463 g/mol. The van der Waals surface area contributed by atoms with Gasteiger partial charge in [0.25, 0.3) is 11.7 Å². The lowest BCUT2D eigenvalue weighted by Gasteiger charge is -2.11. The fraction of sp³-hybridized carbons (Fsp3) is 0.318. The van der Waals surface area contributed by atoms with Crippen LogP contribution in [0.2, 0.25) is 0 Å². The van der Waals surface area contributed by atoms with Crippen LogP contribution in [0.1, 0.15) is 47.4 Å². The molecule has 1 aliphatic rings. The second-order valence-corrected chi connectivity index (χ2v) is 8.54. The van der Waals surface area contributed by atoms with Crippen molar-refractivity contribution in [2.45, 2.75) is 38.6 Å². The molecule has 3 aromatic heterocycles. The summed E-state index contributed by atoms with van der Waals surface area (Å²) in [4.78, 5) is 29.1. The van der Waals surface area contributed by atoms with Crippen LogP contribution in [0.5, 0.6) is 0 Å². The third kappa shape index (κ3) is 4.21. The van der Waals surface area contributed by atoms with Crippen LogP contribution in [0.15, 0.2) is 35.4 Å². The first kappa shape index (κ1) is 21.6. The Labute approximate surface area is 193 Å². The van der Waals surface area contributed by atoms with Gasteiger partial charge in [0.2, 0.25) is 11.8 Å². The van der Waals surface area contributed by atoms with Gasteiger partial charge in [0.15, 0.2) is 5.82 Å². The number of aryl methyl sites for hydroxylation is 1. The first-order chi connectivity index (χ1) is 16.3. The van der Waals surface area contributed by atoms with Crippen molar-refractivity contribution in [3.8, 4) is 11.4 Å². The number of amides is 1. The summed E-state index contributed by atoms with van der Waals surface area (Å²) in [6.45, 7) is 3.75. The summed E-state index contributed by atoms with van der Waals surface area (Å²) < 4.78 is 22.1. The Morgan fingerprint density at radius 1 is 1.26 bits per heavy atom. The summed E-state index contributed by atoms with van der Waals surface area (Å²) in [5.41, 5.74) is 1.78.